The minimum absolute atomic E-state index is 0.00228. The highest BCUT2D eigenvalue weighted by Gasteiger charge is 2.44. The molecular weight excluding hydrogens is 388 g/mol. The Morgan fingerprint density at radius 2 is 1.81 bits per heavy atom. The van der Waals surface area contributed by atoms with E-state index in [-0.39, 0.29) is 17.7 Å². The van der Waals surface area contributed by atoms with Crippen LogP contribution in [0.25, 0.3) is 0 Å². The second-order valence-corrected chi connectivity index (χ2v) is 8.69. The molecule has 0 radical (unpaired) electrons. The predicted molar refractivity (Wildman–Crippen MR) is 103 cm³/mol. The summed E-state index contributed by atoms with van der Waals surface area (Å²) in [4.78, 5) is 25.0. The maximum atomic E-state index is 12.9. The summed E-state index contributed by atoms with van der Waals surface area (Å²) in [6.45, 7) is 3.58. The number of nitrogens with zero attached hydrogens (tertiary/aromatic N) is 1. The van der Waals surface area contributed by atoms with Crippen molar-refractivity contribution in [3.63, 3.8) is 0 Å². The molecule has 1 aliphatic heterocycles. The normalized spacial score (nSPS) is 17.2. The summed E-state index contributed by atoms with van der Waals surface area (Å²) in [5.74, 6) is -1.14. The summed E-state index contributed by atoms with van der Waals surface area (Å²) in [6, 6.07) is 10.1. The summed E-state index contributed by atoms with van der Waals surface area (Å²) in [5.41, 5.74) is 2.05. The van der Waals surface area contributed by atoms with Crippen molar-refractivity contribution in [3.05, 3.63) is 58.6 Å². The first-order chi connectivity index (χ1) is 12.7. The van der Waals surface area contributed by atoms with Crippen molar-refractivity contribution >= 4 is 39.1 Å². The Morgan fingerprint density at radius 3 is 2.48 bits per heavy atom. The van der Waals surface area contributed by atoms with Gasteiger partial charge in [0, 0.05) is 17.1 Å². The standard InChI is InChI=1S/C19H19ClN2O4S/c1-12-6-8-14(9-7-12)27(25,26)22-17(10-11-18(22)23)19(24)21-16-5-3-4-15(20)13(16)2/h3-9,17H,10-11H2,1-2H3,(H,21,24)/t17-/m0/s1. The second-order valence-electron chi connectivity index (χ2n) is 6.46. The largest absolute Gasteiger partial charge is 0.324 e. The number of benzene rings is 2. The fraction of sp³-hybridized carbons (Fsp3) is 0.263. The van der Waals surface area contributed by atoms with Gasteiger partial charge in [0.2, 0.25) is 11.8 Å². The van der Waals surface area contributed by atoms with Gasteiger partial charge in [-0.1, -0.05) is 35.4 Å². The molecule has 0 bridgehead atoms. The molecule has 0 saturated carbocycles. The topological polar surface area (TPSA) is 83.6 Å². The molecule has 1 N–H and O–H groups in total. The molecule has 6 nitrogen and oxygen atoms in total. The molecule has 0 spiro atoms. The summed E-state index contributed by atoms with van der Waals surface area (Å²) in [6.07, 6.45) is 0.132. The first kappa shape index (κ1) is 19.4. The van der Waals surface area contributed by atoms with Crippen molar-refractivity contribution in [2.45, 2.75) is 37.6 Å². The van der Waals surface area contributed by atoms with E-state index in [1.165, 1.54) is 12.1 Å². The first-order valence-electron chi connectivity index (χ1n) is 8.41. The van der Waals surface area contributed by atoms with Gasteiger partial charge >= 0.3 is 0 Å². The third-order valence-corrected chi connectivity index (χ3v) is 6.82. The Bertz CT molecular complexity index is 1000. The van der Waals surface area contributed by atoms with Crippen LogP contribution in [0.5, 0.6) is 0 Å². The van der Waals surface area contributed by atoms with Gasteiger partial charge in [-0.05, 0) is 50.1 Å². The molecule has 3 rings (SSSR count). The van der Waals surface area contributed by atoms with Crippen molar-refractivity contribution in [1.82, 2.24) is 4.31 Å². The first-order valence-corrected chi connectivity index (χ1v) is 10.2. The van der Waals surface area contributed by atoms with Crippen molar-refractivity contribution in [2.24, 2.45) is 0 Å². The van der Waals surface area contributed by atoms with E-state index < -0.39 is 27.9 Å². The van der Waals surface area contributed by atoms with E-state index in [1.54, 1.807) is 37.3 Å². The molecule has 1 saturated heterocycles. The molecule has 2 aromatic rings. The highest BCUT2D eigenvalue weighted by molar-refractivity contribution is 7.89. The highest BCUT2D eigenvalue weighted by Crippen LogP contribution is 2.29. The van der Waals surface area contributed by atoms with E-state index in [9.17, 15) is 18.0 Å². The van der Waals surface area contributed by atoms with Gasteiger partial charge in [-0.25, -0.2) is 12.7 Å². The maximum Gasteiger partial charge on any atom is 0.267 e. The molecule has 0 aromatic heterocycles. The van der Waals surface area contributed by atoms with Crippen LogP contribution in [0, 0.1) is 13.8 Å². The predicted octanol–water partition coefficient (Wildman–Crippen LogP) is 3.28. The van der Waals surface area contributed by atoms with Gasteiger partial charge in [-0.3, -0.25) is 9.59 Å². The number of rotatable bonds is 4. The quantitative estimate of drug-likeness (QED) is 0.844. The van der Waals surface area contributed by atoms with Crippen LogP contribution in [-0.4, -0.2) is 30.6 Å². The van der Waals surface area contributed by atoms with Crippen LogP contribution in [0.3, 0.4) is 0 Å². The number of halogens is 1. The second kappa shape index (κ2) is 7.32. The Kier molecular flexibility index (Phi) is 5.26. The van der Waals surface area contributed by atoms with Crippen molar-refractivity contribution in [3.8, 4) is 0 Å². The van der Waals surface area contributed by atoms with Crippen LogP contribution < -0.4 is 5.32 Å². The fourth-order valence-electron chi connectivity index (χ4n) is 2.98. The van der Waals surface area contributed by atoms with Crippen LogP contribution in [-0.2, 0) is 19.6 Å². The number of carbonyl (C=O) groups is 2. The number of sulfonamides is 1. The zero-order chi connectivity index (χ0) is 19.8. The Labute approximate surface area is 163 Å². The zero-order valence-corrected chi connectivity index (χ0v) is 16.5. The lowest BCUT2D eigenvalue weighted by Gasteiger charge is -2.24. The average molecular weight is 407 g/mol. The molecule has 27 heavy (non-hydrogen) atoms. The van der Waals surface area contributed by atoms with Gasteiger partial charge in [0.25, 0.3) is 10.0 Å². The average Bonchev–Trinajstić information content (AvgIpc) is 3.02. The molecule has 8 heteroatoms. The number of nitrogens with one attached hydrogen (secondary N) is 1. The van der Waals surface area contributed by atoms with Gasteiger partial charge in [-0.15, -0.1) is 0 Å². The molecule has 0 aliphatic carbocycles. The Balaban J connectivity index is 1.91. The minimum Gasteiger partial charge on any atom is -0.324 e. The van der Waals surface area contributed by atoms with Gasteiger partial charge in [-0.2, -0.15) is 0 Å². The SMILES string of the molecule is Cc1ccc(S(=O)(=O)N2C(=O)CC[C@H]2C(=O)Nc2cccc(Cl)c2C)cc1. The minimum atomic E-state index is -4.11. The van der Waals surface area contributed by atoms with Crippen LogP contribution in [0.4, 0.5) is 5.69 Å². The number of hydrogen-bond donors (Lipinski definition) is 1. The monoisotopic (exact) mass is 406 g/mol. The number of carbonyl (C=O) groups excluding carboxylic acids is 2. The van der Waals surface area contributed by atoms with Gasteiger partial charge < -0.3 is 5.32 Å². The molecule has 1 atom stereocenters. The van der Waals surface area contributed by atoms with Gasteiger partial charge in [0.05, 0.1) is 4.90 Å². The van der Waals surface area contributed by atoms with E-state index in [1.807, 2.05) is 6.92 Å². The lowest BCUT2D eigenvalue weighted by Crippen LogP contribution is -2.45. The third-order valence-electron chi connectivity index (χ3n) is 4.57. The number of amides is 2. The lowest BCUT2D eigenvalue weighted by atomic mass is 10.1. The summed E-state index contributed by atoms with van der Waals surface area (Å²) < 4.78 is 26.6. The smallest absolute Gasteiger partial charge is 0.267 e. The van der Waals surface area contributed by atoms with Crippen molar-refractivity contribution < 1.29 is 18.0 Å². The Hall–Kier alpha value is -2.38. The zero-order valence-electron chi connectivity index (χ0n) is 14.9. The molecule has 2 amide bonds. The van der Waals surface area contributed by atoms with Crippen LogP contribution in [0.15, 0.2) is 47.4 Å². The van der Waals surface area contributed by atoms with Crippen molar-refractivity contribution in [2.75, 3.05) is 5.32 Å². The van der Waals surface area contributed by atoms with Crippen molar-refractivity contribution in [1.29, 1.82) is 0 Å². The molecular formula is C19H19ClN2O4S. The van der Waals surface area contributed by atoms with Gasteiger partial charge in [0.1, 0.15) is 6.04 Å². The molecule has 142 valence electrons. The summed E-state index contributed by atoms with van der Waals surface area (Å²) in [7, 11) is -4.11. The molecule has 1 fully saturated rings. The molecule has 1 aliphatic rings. The van der Waals surface area contributed by atoms with E-state index in [0.717, 1.165) is 5.56 Å². The van der Waals surface area contributed by atoms with E-state index in [0.29, 0.717) is 20.6 Å². The van der Waals surface area contributed by atoms with Crippen LogP contribution in [0.2, 0.25) is 5.02 Å². The maximum absolute atomic E-state index is 12.9. The van der Waals surface area contributed by atoms with Gasteiger partial charge in [0.15, 0.2) is 0 Å². The number of hydrogen-bond acceptors (Lipinski definition) is 4. The van der Waals surface area contributed by atoms with E-state index in [2.05, 4.69) is 5.32 Å². The molecule has 1 heterocycles. The third kappa shape index (κ3) is 3.70. The van der Waals surface area contributed by atoms with Crippen LogP contribution >= 0.6 is 11.6 Å². The number of anilines is 1. The van der Waals surface area contributed by atoms with E-state index >= 15 is 0 Å². The molecule has 2 aromatic carbocycles. The van der Waals surface area contributed by atoms with Crippen LogP contribution in [0.1, 0.15) is 24.0 Å². The summed E-state index contributed by atoms with van der Waals surface area (Å²) in [5, 5.41) is 3.18. The molecule has 0 unspecified atom stereocenters. The number of aryl methyl sites for hydroxylation is 1. The highest BCUT2D eigenvalue weighted by atomic mass is 35.5. The summed E-state index contributed by atoms with van der Waals surface area (Å²) >= 11 is 6.06. The Morgan fingerprint density at radius 1 is 1.15 bits per heavy atom. The van der Waals surface area contributed by atoms with E-state index in [4.69, 9.17) is 11.6 Å². The lowest BCUT2D eigenvalue weighted by molar-refractivity contribution is -0.128. The fourth-order valence-corrected chi connectivity index (χ4v) is 4.76.